The van der Waals surface area contributed by atoms with Crippen LogP contribution in [0.15, 0.2) is 84.9 Å². The standard InChI is InChI=1S/C22H20ClNOS/c23-20-13-7-8-17(14-20)15-26-16-21(25)24-22(18-9-3-1-4-10-18)19-11-5-2-6-12-19/h1-14,22H,15-16H2,(H,24,25). The van der Waals surface area contributed by atoms with E-state index in [1.54, 1.807) is 11.8 Å². The number of nitrogens with one attached hydrogen (secondary N) is 1. The van der Waals surface area contributed by atoms with Gasteiger partial charge in [-0.25, -0.2) is 0 Å². The minimum atomic E-state index is -0.142. The highest BCUT2D eigenvalue weighted by Gasteiger charge is 2.16. The van der Waals surface area contributed by atoms with E-state index in [0.717, 1.165) is 27.5 Å². The molecule has 0 unspecified atom stereocenters. The van der Waals surface area contributed by atoms with Crippen LogP contribution < -0.4 is 5.32 Å². The second-order valence-electron chi connectivity index (χ2n) is 5.94. The number of hydrogen-bond donors (Lipinski definition) is 1. The molecule has 0 saturated heterocycles. The fraction of sp³-hybridized carbons (Fsp3) is 0.136. The molecule has 0 aliphatic rings. The number of amides is 1. The van der Waals surface area contributed by atoms with E-state index in [-0.39, 0.29) is 11.9 Å². The SMILES string of the molecule is O=C(CSCc1cccc(Cl)c1)NC(c1ccccc1)c1ccccc1. The van der Waals surface area contributed by atoms with Gasteiger partial charge in [-0.3, -0.25) is 4.79 Å². The maximum atomic E-state index is 12.5. The lowest BCUT2D eigenvalue weighted by molar-refractivity contribution is -0.119. The molecule has 1 N–H and O–H groups in total. The van der Waals surface area contributed by atoms with Gasteiger partial charge in [0, 0.05) is 10.8 Å². The number of hydrogen-bond acceptors (Lipinski definition) is 2. The van der Waals surface area contributed by atoms with Crippen molar-refractivity contribution in [1.29, 1.82) is 0 Å². The van der Waals surface area contributed by atoms with Crippen LogP contribution >= 0.6 is 23.4 Å². The third-order valence-electron chi connectivity index (χ3n) is 3.96. The number of halogens is 1. The fourth-order valence-electron chi connectivity index (χ4n) is 2.74. The Hall–Kier alpha value is -2.23. The van der Waals surface area contributed by atoms with Gasteiger partial charge in [-0.2, -0.15) is 0 Å². The summed E-state index contributed by atoms with van der Waals surface area (Å²) < 4.78 is 0. The summed E-state index contributed by atoms with van der Waals surface area (Å²) in [5.74, 6) is 1.19. The highest BCUT2D eigenvalue weighted by Crippen LogP contribution is 2.22. The van der Waals surface area contributed by atoms with E-state index < -0.39 is 0 Å². The predicted molar refractivity (Wildman–Crippen MR) is 110 cm³/mol. The highest BCUT2D eigenvalue weighted by molar-refractivity contribution is 7.99. The van der Waals surface area contributed by atoms with Crippen molar-refractivity contribution in [3.05, 3.63) is 107 Å². The van der Waals surface area contributed by atoms with Crippen molar-refractivity contribution in [3.63, 3.8) is 0 Å². The summed E-state index contributed by atoms with van der Waals surface area (Å²) >= 11 is 7.59. The molecule has 4 heteroatoms. The van der Waals surface area contributed by atoms with Crippen LogP contribution in [0.25, 0.3) is 0 Å². The van der Waals surface area contributed by atoms with E-state index >= 15 is 0 Å². The normalized spacial score (nSPS) is 10.7. The first-order valence-electron chi connectivity index (χ1n) is 8.44. The van der Waals surface area contributed by atoms with Crippen LogP contribution in [0, 0.1) is 0 Å². The molecule has 0 bridgehead atoms. The Labute approximate surface area is 163 Å². The molecule has 3 aromatic rings. The summed E-state index contributed by atoms with van der Waals surface area (Å²) in [5, 5.41) is 3.88. The third-order valence-corrected chi connectivity index (χ3v) is 5.20. The number of rotatable bonds is 7. The quantitative estimate of drug-likeness (QED) is 0.587. The van der Waals surface area contributed by atoms with Crippen LogP contribution in [0.5, 0.6) is 0 Å². The molecular weight excluding hydrogens is 362 g/mol. The van der Waals surface area contributed by atoms with Gasteiger partial charge in [-0.1, -0.05) is 84.4 Å². The molecule has 0 aliphatic carbocycles. The predicted octanol–water partition coefficient (Wildman–Crippen LogP) is 5.48. The summed E-state index contributed by atoms with van der Waals surface area (Å²) in [7, 11) is 0. The van der Waals surface area contributed by atoms with Crippen molar-refractivity contribution >= 4 is 29.3 Å². The minimum Gasteiger partial charge on any atom is -0.344 e. The molecule has 1 amide bonds. The molecule has 0 atom stereocenters. The van der Waals surface area contributed by atoms with Gasteiger partial charge in [0.15, 0.2) is 0 Å². The fourth-order valence-corrected chi connectivity index (χ4v) is 3.74. The van der Waals surface area contributed by atoms with E-state index in [2.05, 4.69) is 5.32 Å². The summed E-state index contributed by atoms with van der Waals surface area (Å²) in [6, 6.07) is 27.7. The van der Waals surface area contributed by atoms with Crippen molar-refractivity contribution in [2.24, 2.45) is 0 Å². The van der Waals surface area contributed by atoms with E-state index in [0.29, 0.717) is 5.75 Å². The topological polar surface area (TPSA) is 29.1 Å². The van der Waals surface area contributed by atoms with E-state index in [9.17, 15) is 4.79 Å². The zero-order valence-corrected chi connectivity index (χ0v) is 15.8. The summed E-state index contributed by atoms with van der Waals surface area (Å²) in [5.41, 5.74) is 3.27. The molecule has 0 aromatic heterocycles. The lowest BCUT2D eigenvalue weighted by Crippen LogP contribution is -2.30. The number of carbonyl (C=O) groups excluding carboxylic acids is 1. The van der Waals surface area contributed by atoms with Crippen LogP contribution in [0.1, 0.15) is 22.7 Å². The van der Waals surface area contributed by atoms with Crippen molar-refractivity contribution in [2.45, 2.75) is 11.8 Å². The monoisotopic (exact) mass is 381 g/mol. The molecular formula is C22H20ClNOS. The Morgan fingerprint density at radius 3 is 2.08 bits per heavy atom. The molecule has 0 fully saturated rings. The Bertz CT molecular complexity index is 800. The largest absolute Gasteiger partial charge is 0.344 e. The van der Waals surface area contributed by atoms with E-state index in [1.807, 2.05) is 84.9 Å². The average molecular weight is 382 g/mol. The first-order chi connectivity index (χ1) is 12.7. The minimum absolute atomic E-state index is 0.0229. The molecule has 0 aliphatic heterocycles. The van der Waals surface area contributed by atoms with E-state index in [1.165, 1.54) is 0 Å². The molecule has 0 spiro atoms. The Morgan fingerprint density at radius 1 is 0.885 bits per heavy atom. The van der Waals surface area contributed by atoms with Gasteiger partial charge in [0.1, 0.15) is 0 Å². The van der Waals surface area contributed by atoms with E-state index in [4.69, 9.17) is 11.6 Å². The zero-order valence-electron chi connectivity index (χ0n) is 14.3. The third kappa shape index (κ3) is 5.38. The molecule has 0 heterocycles. The Balaban J connectivity index is 1.62. The second kappa shape index (κ2) is 9.46. The smallest absolute Gasteiger partial charge is 0.230 e. The zero-order chi connectivity index (χ0) is 18.2. The molecule has 0 saturated carbocycles. The summed E-state index contributed by atoms with van der Waals surface area (Å²) in [4.78, 5) is 12.5. The van der Waals surface area contributed by atoms with Crippen molar-refractivity contribution in [1.82, 2.24) is 5.32 Å². The Morgan fingerprint density at radius 2 is 1.50 bits per heavy atom. The molecule has 132 valence electrons. The lowest BCUT2D eigenvalue weighted by Gasteiger charge is -2.20. The first kappa shape index (κ1) is 18.6. The maximum Gasteiger partial charge on any atom is 0.230 e. The maximum absolute atomic E-state index is 12.5. The van der Waals surface area contributed by atoms with Crippen LogP contribution in [0.2, 0.25) is 5.02 Å². The van der Waals surface area contributed by atoms with Crippen LogP contribution in [0.4, 0.5) is 0 Å². The number of thioether (sulfide) groups is 1. The molecule has 26 heavy (non-hydrogen) atoms. The van der Waals surface area contributed by atoms with Gasteiger partial charge >= 0.3 is 0 Å². The first-order valence-corrected chi connectivity index (χ1v) is 9.97. The average Bonchev–Trinajstić information content (AvgIpc) is 2.67. The Kier molecular flexibility index (Phi) is 6.75. The molecule has 2 nitrogen and oxygen atoms in total. The van der Waals surface area contributed by atoms with Crippen molar-refractivity contribution < 1.29 is 4.79 Å². The van der Waals surface area contributed by atoms with Crippen LogP contribution in [-0.2, 0) is 10.5 Å². The number of benzene rings is 3. The number of carbonyl (C=O) groups is 1. The van der Waals surface area contributed by atoms with Gasteiger partial charge in [0.05, 0.1) is 11.8 Å². The van der Waals surface area contributed by atoms with Gasteiger partial charge in [0.2, 0.25) is 5.91 Å². The molecule has 3 aromatic carbocycles. The van der Waals surface area contributed by atoms with Gasteiger partial charge < -0.3 is 5.32 Å². The second-order valence-corrected chi connectivity index (χ2v) is 7.37. The van der Waals surface area contributed by atoms with Crippen molar-refractivity contribution in [3.8, 4) is 0 Å². The van der Waals surface area contributed by atoms with Crippen LogP contribution in [-0.4, -0.2) is 11.7 Å². The van der Waals surface area contributed by atoms with Gasteiger partial charge in [-0.15, -0.1) is 11.8 Å². The van der Waals surface area contributed by atoms with Gasteiger partial charge in [-0.05, 0) is 28.8 Å². The van der Waals surface area contributed by atoms with Gasteiger partial charge in [0.25, 0.3) is 0 Å². The molecule has 0 radical (unpaired) electrons. The summed E-state index contributed by atoms with van der Waals surface area (Å²) in [6.07, 6.45) is 0. The highest BCUT2D eigenvalue weighted by atomic mass is 35.5. The molecule has 3 rings (SSSR count). The summed E-state index contributed by atoms with van der Waals surface area (Å²) in [6.45, 7) is 0. The van der Waals surface area contributed by atoms with Crippen molar-refractivity contribution in [2.75, 3.05) is 5.75 Å². The van der Waals surface area contributed by atoms with Crippen LogP contribution in [0.3, 0.4) is 0 Å². The lowest BCUT2D eigenvalue weighted by atomic mass is 9.99.